The molecule has 0 aliphatic carbocycles. The second-order valence-electron chi connectivity index (χ2n) is 4.99. The number of nitrogens with two attached hydrogens (primary N) is 1. The lowest BCUT2D eigenvalue weighted by molar-refractivity contribution is -0.115. The third-order valence-electron chi connectivity index (χ3n) is 3.36. The number of fused-ring (bicyclic) bond motifs is 1. The molecule has 0 aromatic carbocycles. The Labute approximate surface area is 144 Å². The van der Waals surface area contributed by atoms with Crippen molar-refractivity contribution in [2.75, 3.05) is 5.75 Å². The van der Waals surface area contributed by atoms with Crippen molar-refractivity contribution in [3.8, 4) is 10.7 Å². The highest BCUT2D eigenvalue weighted by Gasteiger charge is 2.18. The summed E-state index contributed by atoms with van der Waals surface area (Å²) in [7, 11) is 2.93. The average molecular weight is 363 g/mol. The molecule has 0 unspecified atom stereocenters. The van der Waals surface area contributed by atoms with E-state index in [0.717, 1.165) is 21.2 Å². The molecule has 0 bridgehead atoms. The van der Waals surface area contributed by atoms with Crippen molar-refractivity contribution in [3.05, 3.63) is 38.4 Å². The molecule has 1 amide bonds. The second-order valence-corrected chi connectivity index (χ2v) is 6.90. The third kappa shape index (κ3) is 2.74. The summed E-state index contributed by atoms with van der Waals surface area (Å²) < 4.78 is 2.29. The fraction of sp³-hybridized carbons (Fsp3) is 0.214. The molecule has 0 aliphatic rings. The van der Waals surface area contributed by atoms with Crippen LogP contribution < -0.4 is 17.0 Å². The Morgan fingerprint density at radius 3 is 2.67 bits per heavy atom. The van der Waals surface area contributed by atoms with Crippen LogP contribution in [0.1, 0.15) is 0 Å². The molecular formula is C14H13N5O3S2. The van der Waals surface area contributed by atoms with Gasteiger partial charge < -0.3 is 5.73 Å². The Kier molecular flexibility index (Phi) is 4.24. The highest BCUT2D eigenvalue weighted by molar-refractivity contribution is 8.00. The lowest BCUT2D eigenvalue weighted by Crippen LogP contribution is -2.37. The first-order valence-electron chi connectivity index (χ1n) is 6.83. The monoisotopic (exact) mass is 363 g/mol. The molecule has 0 spiro atoms. The van der Waals surface area contributed by atoms with Gasteiger partial charge in [-0.1, -0.05) is 17.8 Å². The van der Waals surface area contributed by atoms with Crippen LogP contribution in [-0.4, -0.2) is 30.8 Å². The zero-order valence-corrected chi connectivity index (χ0v) is 14.5. The summed E-state index contributed by atoms with van der Waals surface area (Å²) in [6.45, 7) is 0. The van der Waals surface area contributed by atoms with E-state index in [-0.39, 0.29) is 16.8 Å². The molecule has 24 heavy (non-hydrogen) atoms. The Hall–Kier alpha value is -2.46. The first-order chi connectivity index (χ1) is 11.4. The van der Waals surface area contributed by atoms with E-state index in [0.29, 0.717) is 10.9 Å². The van der Waals surface area contributed by atoms with E-state index < -0.39 is 17.2 Å². The van der Waals surface area contributed by atoms with Gasteiger partial charge in [0.25, 0.3) is 5.56 Å². The van der Waals surface area contributed by atoms with Gasteiger partial charge >= 0.3 is 5.69 Å². The van der Waals surface area contributed by atoms with E-state index in [1.54, 1.807) is 0 Å². The number of thiophene rings is 1. The van der Waals surface area contributed by atoms with Gasteiger partial charge in [0, 0.05) is 14.1 Å². The zero-order valence-electron chi connectivity index (χ0n) is 12.8. The number of amides is 1. The summed E-state index contributed by atoms with van der Waals surface area (Å²) >= 11 is 2.50. The summed E-state index contributed by atoms with van der Waals surface area (Å²) in [6, 6.07) is 3.69. The number of carbonyl (C=O) groups is 1. The van der Waals surface area contributed by atoms with Crippen LogP contribution in [0.5, 0.6) is 0 Å². The molecule has 3 heterocycles. The van der Waals surface area contributed by atoms with Crippen LogP contribution in [0.4, 0.5) is 0 Å². The average Bonchev–Trinajstić information content (AvgIpc) is 3.09. The molecule has 2 N–H and O–H groups in total. The number of nitrogens with zero attached hydrogens (tertiary/aromatic N) is 4. The second kappa shape index (κ2) is 6.21. The Morgan fingerprint density at radius 2 is 2.04 bits per heavy atom. The molecule has 3 rings (SSSR count). The number of hydrogen-bond acceptors (Lipinski definition) is 7. The van der Waals surface area contributed by atoms with Crippen LogP contribution >= 0.6 is 23.1 Å². The highest BCUT2D eigenvalue weighted by atomic mass is 32.2. The summed E-state index contributed by atoms with van der Waals surface area (Å²) in [4.78, 5) is 45.4. The lowest BCUT2D eigenvalue weighted by Gasteiger charge is -2.10. The standard InChI is InChI=1S/C14H13N5O3S2/c1-18-11-9(13(21)19(2)14(18)22)12(24-6-8(15)20)17-10(16-11)7-4-3-5-23-7/h3-5H,6H2,1-2H3,(H2,15,20). The quantitative estimate of drug-likeness (QED) is 0.528. The lowest BCUT2D eigenvalue weighted by atomic mass is 10.3. The van der Waals surface area contributed by atoms with E-state index in [1.165, 1.54) is 30.0 Å². The van der Waals surface area contributed by atoms with Crippen molar-refractivity contribution in [3.63, 3.8) is 0 Å². The van der Waals surface area contributed by atoms with Gasteiger partial charge in [0.05, 0.1) is 10.6 Å². The number of primary amides is 1. The van der Waals surface area contributed by atoms with Gasteiger partial charge in [-0.15, -0.1) is 11.3 Å². The molecule has 0 atom stereocenters. The van der Waals surface area contributed by atoms with Crippen molar-refractivity contribution in [2.24, 2.45) is 19.8 Å². The van der Waals surface area contributed by atoms with E-state index in [1.807, 2.05) is 17.5 Å². The molecule has 0 saturated carbocycles. The number of aromatic nitrogens is 4. The minimum absolute atomic E-state index is 0.0258. The summed E-state index contributed by atoms with van der Waals surface area (Å²) in [6.07, 6.45) is 0. The molecule has 8 nitrogen and oxygen atoms in total. The summed E-state index contributed by atoms with van der Waals surface area (Å²) in [5, 5.41) is 2.41. The molecule has 3 aromatic heterocycles. The Bertz CT molecular complexity index is 1050. The number of aryl methyl sites for hydroxylation is 1. The van der Waals surface area contributed by atoms with Gasteiger partial charge in [0.15, 0.2) is 11.5 Å². The van der Waals surface area contributed by atoms with E-state index in [9.17, 15) is 14.4 Å². The number of rotatable bonds is 4. The summed E-state index contributed by atoms with van der Waals surface area (Å²) in [5.74, 6) is -0.152. The molecule has 0 saturated heterocycles. The molecule has 3 aromatic rings. The Balaban J connectivity index is 2.38. The molecule has 0 fully saturated rings. The van der Waals surface area contributed by atoms with E-state index in [4.69, 9.17) is 5.73 Å². The van der Waals surface area contributed by atoms with Crippen LogP contribution in [0.3, 0.4) is 0 Å². The topological polar surface area (TPSA) is 113 Å². The maximum atomic E-state index is 12.5. The fourth-order valence-corrected chi connectivity index (χ4v) is 3.60. The number of thioether (sulfide) groups is 1. The van der Waals surface area contributed by atoms with Crippen molar-refractivity contribution in [1.29, 1.82) is 0 Å². The molecule has 0 aliphatic heterocycles. The summed E-state index contributed by atoms with van der Waals surface area (Å²) in [5.41, 5.74) is 4.45. The Morgan fingerprint density at radius 1 is 1.29 bits per heavy atom. The zero-order chi connectivity index (χ0) is 17.4. The first-order valence-corrected chi connectivity index (χ1v) is 8.69. The van der Waals surface area contributed by atoms with E-state index in [2.05, 4.69) is 9.97 Å². The van der Waals surface area contributed by atoms with Crippen molar-refractivity contribution < 1.29 is 4.79 Å². The van der Waals surface area contributed by atoms with Crippen LogP contribution in [0.25, 0.3) is 21.7 Å². The van der Waals surface area contributed by atoms with Crippen molar-refractivity contribution >= 4 is 40.0 Å². The van der Waals surface area contributed by atoms with Gasteiger partial charge in [-0.3, -0.25) is 18.7 Å². The SMILES string of the molecule is Cn1c(=O)c2c(SCC(N)=O)nc(-c3cccs3)nc2n(C)c1=O. The minimum atomic E-state index is -0.522. The van der Waals surface area contributed by atoms with Crippen LogP contribution in [-0.2, 0) is 18.9 Å². The predicted molar refractivity (Wildman–Crippen MR) is 93.3 cm³/mol. The molecule has 0 radical (unpaired) electrons. The predicted octanol–water partition coefficient (Wildman–Crippen LogP) is 0.333. The smallest absolute Gasteiger partial charge is 0.332 e. The third-order valence-corrected chi connectivity index (χ3v) is 5.22. The van der Waals surface area contributed by atoms with Crippen LogP contribution in [0.15, 0.2) is 32.1 Å². The van der Waals surface area contributed by atoms with Gasteiger partial charge in [-0.2, -0.15) is 0 Å². The van der Waals surface area contributed by atoms with E-state index >= 15 is 0 Å². The van der Waals surface area contributed by atoms with Crippen molar-refractivity contribution in [1.82, 2.24) is 19.1 Å². The van der Waals surface area contributed by atoms with Gasteiger partial charge in [-0.05, 0) is 11.4 Å². The highest BCUT2D eigenvalue weighted by Crippen LogP contribution is 2.27. The van der Waals surface area contributed by atoms with Crippen molar-refractivity contribution in [2.45, 2.75) is 5.03 Å². The number of hydrogen-bond donors (Lipinski definition) is 1. The van der Waals surface area contributed by atoms with Crippen LogP contribution in [0.2, 0.25) is 0 Å². The molecule has 124 valence electrons. The van der Waals surface area contributed by atoms with Gasteiger partial charge in [-0.25, -0.2) is 14.8 Å². The first kappa shape index (κ1) is 16.4. The maximum Gasteiger partial charge on any atom is 0.332 e. The maximum absolute atomic E-state index is 12.5. The van der Waals surface area contributed by atoms with Gasteiger partial charge in [0.2, 0.25) is 5.91 Å². The van der Waals surface area contributed by atoms with Crippen LogP contribution in [0, 0.1) is 0 Å². The molecule has 10 heteroatoms. The van der Waals surface area contributed by atoms with Gasteiger partial charge in [0.1, 0.15) is 10.4 Å². The largest absolute Gasteiger partial charge is 0.369 e. The number of carbonyl (C=O) groups excluding carboxylic acids is 1. The normalized spacial score (nSPS) is 11.1. The molecular weight excluding hydrogens is 350 g/mol. The minimum Gasteiger partial charge on any atom is -0.369 e. The fourth-order valence-electron chi connectivity index (χ4n) is 2.19.